The van der Waals surface area contributed by atoms with Crippen molar-refractivity contribution in [1.29, 1.82) is 0 Å². The van der Waals surface area contributed by atoms with Crippen LogP contribution in [0, 0.1) is 0 Å². The zero-order valence-corrected chi connectivity index (χ0v) is 16.1. The number of guanidine groups is 1. The number of aliphatic imine (C=N–C) groups is 1. The third-order valence-corrected chi connectivity index (χ3v) is 5.30. The standard InChI is InChI=1S/C18H32N4OS/c1-4-19-18(20-9-6-11-23-5-2)21-13-15(3)22-10-7-17-16(14-22)8-12-24-17/h8,12,15H,4-7,9-11,13-14H2,1-3H3,(H2,19,20,21). The molecule has 0 saturated heterocycles. The van der Waals surface area contributed by atoms with Crippen LogP contribution >= 0.6 is 11.3 Å². The highest BCUT2D eigenvalue weighted by molar-refractivity contribution is 7.10. The summed E-state index contributed by atoms with van der Waals surface area (Å²) in [5.41, 5.74) is 1.50. The predicted octanol–water partition coefficient (Wildman–Crippen LogP) is 2.48. The Kier molecular flexibility index (Phi) is 8.56. The van der Waals surface area contributed by atoms with E-state index < -0.39 is 0 Å². The number of ether oxygens (including phenoxy) is 1. The Hall–Kier alpha value is -1.11. The van der Waals surface area contributed by atoms with Crippen LogP contribution in [0.25, 0.3) is 0 Å². The van der Waals surface area contributed by atoms with Gasteiger partial charge < -0.3 is 15.4 Å². The summed E-state index contributed by atoms with van der Waals surface area (Å²) in [5.74, 6) is 0.911. The second-order valence-corrected chi connectivity index (χ2v) is 7.14. The minimum absolute atomic E-state index is 0.455. The summed E-state index contributed by atoms with van der Waals surface area (Å²) in [6.07, 6.45) is 2.18. The summed E-state index contributed by atoms with van der Waals surface area (Å²) < 4.78 is 5.37. The monoisotopic (exact) mass is 352 g/mol. The van der Waals surface area contributed by atoms with E-state index in [2.05, 4.69) is 40.8 Å². The summed E-state index contributed by atoms with van der Waals surface area (Å²) in [7, 11) is 0. The van der Waals surface area contributed by atoms with E-state index in [9.17, 15) is 0 Å². The molecule has 1 atom stereocenters. The van der Waals surface area contributed by atoms with Gasteiger partial charge in [-0.1, -0.05) is 0 Å². The normalized spacial score (nSPS) is 16.7. The highest BCUT2D eigenvalue weighted by atomic mass is 32.1. The summed E-state index contributed by atoms with van der Waals surface area (Å²) in [4.78, 5) is 8.86. The lowest BCUT2D eigenvalue weighted by Gasteiger charge is -2.31. The zero-order chi connectivity index (χ0) is 17.2. The molecule has 2 rings (SSSR count). The molecule has 1 aromatic heterocycles. The number of rotatable bonds is 9. The molecule has 1 unspecified atom stereocenters. The number of hydrogen-bond acceptors (Lipinski definition) is 4. The minimum Gasteiger partial charge on any atom is -0.382 e. The van der Waals surface area contributed by atoms with Crippen LogP contribution in [0.4, 0.5) is 0 Å². The van der Waals surface area contributed by atoms with E-state index in [1.807, 2.05) is 18.3 Å². The topological polar surface area (TPSA) is 48.9 Å². The molecular weight excluding hydrogens is 320 g/mol. The van der Waals surface area contributed by atoms with Crippen molar-refractivity contribution in [2.45, 2.75) is 46.2 Å². The van der Waals surface area contributed by atoms with Crippen LogP contribution in [0.3, 0.4) is 0 Å². The Labute approximate surface area is 150 Å². The zero-order valence-electron chi connectivity index (χ0n) is 15.3. The largest absolute Gasteiger partial charge is 0.382 e. The van der Waals surface area contributed by atoms with Gasteiger partial charge in [0.25, 0.3) is 0 Å². The van der Waals surface area contributed by atoms with Crippen molar-refractivity contribution in [3.8, 4) is 0 Å². The van der Waals surface area contributed by atoms with Gasteiger partial charge in [0.1, 0.15) is 0 Å². The van der Waals surface area contributed by atoms with E-state index in [-0.39, 0.29) is 0 Å². The number of hydrogen-bond donors (Lipinski definition) is 2. The third-order valence-electron chi connectivity index (χ3n) is 4.28. The van der Waals surface area contributed by atoms with Gasteiger partial charge in [-0.2, -0.15) is 0 Å². The van der Waals surface area contributed by atoms with Gasteiger partial charge >= 0.3 is 0 Å². The second kappa shape index (κ2) is 10.7. The van der Waals surface area contributed by atoms with Crippen LogP contribution in [0.5, 0.6) is 0 Å². The molecule has 0 fully saturated rings. The van der Waals surface area contributed by atoms with E-state index >= 15 is 0 Å². The van der Waals surface area contributed by atoms with Crippen molar-refractivity contribution in [2.75, 3.05) is 39.4 Å². The molecule has 0 amide bonds. The van der Waals surface area contributed by atoms with Gasteiger partial charge in [0.2, 0.25) is 0 Å². The molecule has 1 aliphatic rings. The third kappa shape index (κ3) is 6.07. The maximum atomic E-state index is 5.37. The van der Waals surface area contributed by atoms with Gasteiger partial charge in [-0.25, -0.2) is 0 Å². The van der Waals surface area contributed by atoms with Crippen molar-refractivity contribution in [1.82, 2.24) is 15.5 Å². The van der Waals surface area contributed by atoms with Crippen molar-refractivity contribution >= 4 is 17.3 Å². The fourth-order valence-corrected chi connectivity index (χ4v) is 3.74. The number of fused-ring (bicyclic) bond motifs is 1. The van der Waals surface area contributed by atoms with Gasteiger partial charge in [0.05, 0.1) is 6.54 Å². The van der Waals surface area contributed by atoms with Crippen molar-refractivity contribution in [3.05, 3.63) is 21.9 Å². The van der Waals surface area contributed by atoms with Gasteiger partial charge in [-0.3, -0.25) is 9.89 Å². The molecule has 6 heteroatoms. The molecule has 2 N–H and O–H groups in total. The first-order valence-corrected chi connectivity index (χ1v) is 10.0. The maximum absolute atomic E-state index is 5.37. The molecule has 5 nitrogen and oxygen atoms in total. The summed E-state index contributed by atoms with van der Waals surface area (Å²) in [5, 5.41) is 8.93. The quantitative estimate of drug-likeness (QED) is 0.407. The second-order valence-electron chi connectivity index (χ2n) is 6.14. The maximum Gasteiger partial charge on any atom is 0.191 e. The number of thiophene rings is 1. The van der Waals surface area contributed by atoms with Crippen LogP contribution in [-0.4, -0.2) is 56.3 Å². The lowest BCUT2D eigenvalue weighted by molar-refractivity contribution is 0.145. The van der Waals surface area contributed by atoms with E-state index in [0.717, 1.165) is 58.3 Å². The molecule has 0 bridgehead atoms. The van der Waals surface area contributed by atoms with Gasteiger partial charge in [0, 0.05) is 50.3 Å². The Bertz CT molecular complexity index is 503. The lowest BCUT2D eigenvalue weighted by atomic mass is 10.1. The Morgan fingerprint density at radius 3 is 3.08 bits per heavy atom. The number of nitrogens with one attached hydrogen (secondary N) is 2. The van der Waals surface area contributed by atoms with Crippen molar-refractivity contribution < 1.29 is 4.74 Å². The Balaban J connectivity index is 1.77. The van der Waals surface area contributed by atoms with Crippen LogP contribution in [-0.2, 0) is 17.7 Å². The molecule has 1 aliphatic heterocycles. The fraction of sp³-hybridized carbons (Fsp3) is 0.722. The van der Waals surface area contributed by atoms with Gasteiger partial charge in [0.15, 0.2) is 5.96 Å². The summed E-state index contributed by atoms with van der Waals surface area (Å²) in [6.45, 7) is 12.8. The average Bonchev–Trinajstić information content (AvgIpc) is 3.06. The lowest BCUT2D eigenvalue weighted by Crippen LogP contribution is -2.41. The molecule has 1 aromatic rings. The first-order valence-electron chi connectivity index (χ1n) is 9.13. The van der Waals surface area contributed by atoms with Crippen LogP contribution in [0.2, 0.25) is 0 Å². The molecule has 136 valence electrons. The predicted molar refractivity (Wildman–Crippen MR) is 103 cm³/mol. The molecular formula is C18H32N4OS. The fourth-order valence-electron chi connectivity index (χ4n) is 2.85. The number of nitrogens with zero attached hydrogens (tertiary/aromatic N) is 2. The van der Waals surface area contributed by atoms with Crippen molar-refractivity contribution in [2.24, 2.45) is 4.99 Å². The van der Waals surface area contributed by atoms with Gasteiger partial charge in [-0.05, 0) is 50.6 Å². The molecule has 0 saturated carbocycles. The highest BCUT2D eigenvalue weighted by Gasteiger charge is 2.21. The summed E-state index contributed by atoms with van der Waals surface area (Å²) >= 11 is 1.89. The van der Waals surface area contributed by atoms with Crippen LogP contribution < -0.4 is 10.6 Å². The molecule has 0 aromatic carbocycles. The highest BCUT2D eigenvalue weighted by Crippen LogP contribution is 2.25. The van der Waals surface area contributed by atoms with E-state index in [4.69, 9.17) is 9.73 Å². The summed E-state index contributed by atoms with van der Waals surface area (Å²) in [6, 6.07) is 2.73. The Morgan fingerprint density at radius 2 is 2.29 bits per heavy atom. The SMILES string of the molecule is CCNC(=NCC(C)N1CCc2sccc2C1)NCCCOCC. The smallest absolute Gasteiger partial charge is 0.191 e. The van der Waals surface area contributed by atoms with Gasteiger partial charge in [-0.15, -0.1) is 11.3 Å². The van der Waals surface area contributed by atoms with Crippen LogP contribution in [0.15, 0.2) is 16.4 Å². The minimum atomic E-state index is 0.455. The van der Waals surface area contributed by atoms with Crippen LogP contribution in [0.1, 0.15) is 37.6 Å². The molecule has 0 aliphatic carbocycles. The van der Waals surface area contributed by atoms with E-state index in [1.54, 1.807) is 4.88 Å². The first kappa shape index (κ1) is 19.2. The molecule has 0 spiro atoms. The molecule has 0 radical (unpaired) electrons. The first-order chi connectivity index (χ1) is 11.7. The average molecular weight is 353 g/mol. The van der Waals surface area contributed by atoms with E-state index in [1.165, 1.54) is 12.0 Å². The molecule has 2 heterocycles. The molecule has 24 heavy (non-hydrogen) atoms. The van der Waals surface area contributed by atoms with E-state index in [0.29, 0.717) is 6.04 Å². The van der Waals surface area contributed by atoms with Crippen molar-refractivity contribution in [3.63, 3.8) is 0 Å². The Morgan fingerprint density at radius 1 is 1.42 bits per heavy atom.